The van der Waals surface area contributed by atoms with Crippen molar-refractivity contribution in [2.75, 3.05) is 0 Å². The molecule has 1 nitrogen and oxygen atoms in total. The number of para-hydroxylation sites is 1. The van der Waals surface area contributed by atoms with Crippen LogP contribution in [-0.2, 0) is 5.41 Å². The molecule has 0 radical (unpaired) electrons. The Morgan fingerprint density at radius 1 is 0.528 bits per heavy atom. The van der Waals surface area contributed by atoms with Gasteiger partial charge in [0.1, 0.15) is 0 Å². The standard InChI is InChI=1S/C35H25N/c1-35(2)29-17-18-32-34(33(29)28-20-24-11-5-6-12-25(24)21-30(28)35)27-13-7-8-14-31(27)36(32)26-16-15-22-9-3-4-10-23(22)19-26/h3-21H,1-2H3. The summed E-state index contributed by atoms with van der Waals surface area (Å²) in [5.74, 6) is 0. The first kappa shape index (κ1) is 19.9. The molecule has 6 aromatic carbocycles. The molecule has 0 unspecified atom stereocenters. The predicted molar refractivity (Wildman–Crippen MR) is 153 cm³/mol. The van der Waals surface area contributed by atoms with E-state index in [9.17, 15) is 0 Å². The van der Waals surface area contributed by atoms with Crippen molar-refractivity contribution in [1.82, 2.24) is 4.57 Å². The Hall–Kier alpha value is -4.36. The van der Waals surface area contributed by atoms with Gasteiger partial charge >= 0.3 is 0 Å². The van der Waals surface area contributed by atoms with Crippen molar-refractivity contribution in [3.05, 3.63) is 126 Å². The molecule has 1 heteroatoms. The maximum Gasteiger partial charge on any atom is 0.0547 e. The van der Waals surface area contributed by atoms with E-state index in [1.807, 2.05) is 0 Å². The van der Waals surface area contributed by atoms with E-state index in [1.54, 1.807) is 0 Å². The summed E-state index contributed by atoms with van der Waals surface area (Å²) in [6.45, 7) is 4.75. The highest BCUT2D eigenvalue weighted by Gasteiger charge is 2.37. The van der Waals surface area contributed by atoms with Crippen molar-refractivity contribution < 1.29 is 0 Å². The maximum atomic E-state index is 2.45. The van der Waals surface area contributed by atoms with Crippen molar-refractivity contribution in [1.29, 1.82) is 0 Å². The van der Waals surface area contributed by atoms with Crippen LogP contribution in [0.5, 0.6) is 0 Å². The van der Waals surface area contributed by atoms with Crippen LogP contribution < -0.4 is 0 Å². The molecule has 0 N–H and O–H groups in total. The summed E-state index contributed by atoms with van der Waals surface area (Å²) in [5, 5.41) is 7.82. The molecule has 7 aromatic rings. The van der Waals surface area contributed by atoms with Gasteiger partial charge in [0.25, 0.3) is 0 Å². The highest BCUT2D eigenvalue weighted by atomic mass is 15.0. The fourth-order valence-corrected chi connectivity index (χ4v) is 6.56. The van der Waals surface area contributed by atoms with Gasteiger partial charge in [-0.2, -0.15) is 0 Å². The summed E-state index contributed by atoms with van der Waals surface area (Å²) >= 11 is 0. The Bertz CT molecular complexity index is 2020. The smallest absolute Gasteiger partial charge is 0.0547 e. The normalized spacial score (nSPS) is 14.1. The van der Waals surface area contributed by atoms with Crippen molar-refractivity contribution in [3.63, 3.8) is 0 Å². The van der Waals surface area contributed by atoms with E-state index < -0.39 is 0 Å². The first-order chi connectivity index (χ1) is 17.6. The van der Waals surface area contributed by atoms with E-state index in [4.69, 9.17) is 0 Å². The SMILES string of the molecule is CC1(C)c2cc3ccccc3cc2-c2c1ccc1c2c2ccccc2n1-c1ccc2ccccc2c1. The highest BCUT2D eigenvalue weighted by molar-refractivity contribution is 6.18. The lowest BCUT2D eigenvalue weighted by atomic mass is 9.81. The molecule has 0 bridgehead atoms. The Balaban J connectivity index is 1.53. The second-order valence-corrected chi connectivity index (χ2v) is 10.6. The van der Waals surface area contributed by atoms with Gasteiger partial charge in [0.05, 0.1) is 11.0 Å². The summed E-state index contributed by atoms with van der Waals surface area (Å²) in [6.07, 6.45) is 0. The lowest BCUT2D eigenvalue weighted by molar-refractivity contribution is 0.661. The average molecular weight is 460 g/mol. The van der Waals surface area contributed by atoms with Gasteiger partial charge in [0, 0.05) is 21.9 Å². The summed E-state index contributed by atoms with van der Waals surface area (Å²) in [6, 6.07) is 42.6. The third-order valence-corrected chi connectivity index (χ3v) is 8.33. The Morgan fingerprint density at radius 3 is 2.00 bits per heavy atom. The summed E-state index contributed by atoms with van der Waals surface area (Å²) in [4.78, 5) is 0. The fraction of sp³-hybridized carbons (Fsp3) is 0.0857. The third-order valence-electron chi connectivity index (χ3n) is 8.33. The largest absolute Gasteiger partial charge is 0.309 e. The van der Waals surface area contributed by atoms with E-state index in [0.717, 1.165) is 0 Å². The van der Waals surface area contributed by atoms with Crippen LogP contribution in [-0.4, -0.2) is 4.57 Å². The molecule has 1 aliphatic carbocycles. The molecule has 0 saturated carbocycles. The second-order valence-electron chi connectivity index (χ2n) is 10.6. The van der Waals surface area contributed by atoms with Crippen LogP contribution in [0.25, 0.3) is 60.2 Å². The lowest BCUT2D eigenvalue weighted by Gasteiger charge is -2.22. The van der Waals surface area contributed by atoms with Gasteiger partial charge in [-0.15, -0.1) is 0 Å². The summed E-state index contributed by atoms with van der Waals surface area (Å²) in [5.41, 5.74) is 9.29. The molecule has 36 heavy (non-hydrogen) atoms. The molecule has 170 valence electrons. The number of rotatable bonds is 1. The number of benzene rings is 6. The van der Waals surface area contributed by atoms with Crippen LogP contribution in [0.15, 0.2) is 115 Å². The van der Waals surface area contributed by atoms with Gasteiger partial charge in [-0.3, -0.25) is 0 Å². The molecule has 0 aliphatic heterocycles. The van der Waals surface area contributed by atoms with Gasteiger partial charge in [-0.05, 0) is 80.2 Å². The Morgan fingerprint density at radius 2 is 1.19 bits per heavy atom. The third kappa shape index (κ3) is 2.50. The Labute approximate surface area is 210 Å². The van der Waals surface area contributed by atoms with Crippen LogP contribution in [0.1, 0.15) is 25.0 Å². The van der Waals surface area contributed by atoms with Gasteiger partial charge in [0.2, 0.25) is 0 Å². The molecule has 0 saturated heterocycles. The van der Waals surface area contributed by atoms with Crippen LogP contribution in [0.2, 0.25) is 0 Å². The van der Waals surface area contributed by atoms with Gasteiger partial charge in [-0.25, -0.2) is 0 Å². The van der Waals surface area contributed by atoms with E-state index in [2.05, 4.69) is 134 Å². The predicted octanol–water partition coefficient (Wildman–Crippen LogP) is 9.40. The molecular formula is C35H25N. The van der Waals surface area contributed by atoms with Gasteiger partial charge < -0.3 is 4.57 Å². The minimum Gasteiger partial charge on any atom is -0.309 e. The van der Waals surface area contributed by atoms with Crippen LogP contribution in [0, 0.1) is 0 Å². The van der Waals surface area contributed by atoms with E-state index in [-0.39, 0.29) is 5.41 Å². The molecular weight excluding hydrogens is 434 g/mol. The maximum absolute atomic E-state index is 2.45. The summed E-state index contributed by atoms with van der Waals surface area (Å²) < 4.78 is 2.45. The number of nitrogens with zero attached hydrogens (tertiary/aromatic N) is 1. The number of hydrogen-bond donors (Lipinski definition) is 0. The first-order valence-electron chi connectivity index (χ1n) is 12.7. The molecule has 0 spiro atoms. The van der Waals surface area contributed by atoms with Crippen LogP contribution in [0.4, 0.5) is 0 Å². The number of hydrogen-bond acceptors (Lipinski definition) is 0. The van der Waals surface area contributed by atoms with Crippen molar-refractivity contribution >= 4 is 43.4 Å². The zero-order valence-corrected chi connectivity index (χ0v) is 20.4. The van der Waals surface area contributed by atoms with Crippen LogP contribution >= 0.6 is 0 Å². The molecule has 1 aromatic heterocycles. The quantitative estimate of drug-likeness (QED) is 0.230. The lowest BCUT2D eigenvalue weighted by Crippen LogP contribution is -2.14. The minimum absolute atomic E-state index is 0.0466. The Kier molecular flexibility index (Phi) is 3.79. The molecule has 1 heterocycles. The van der Waals surface area contributed by atoms with Gasteiger partial charge in [-0.1, -0.05) is 92.7 Å². The van der Waals surface area contributed by atoms with Crippen molar-refractivity contribution in [2.45, 2.75) is 19.3 Å². The zero-order valence-electron chi connectivity index (χ0n) is 20.4. The fourth-order valence-electron chi connectivity index (χ4n) is 6.56. The van der Waals surface area contributed by atoms with E-state index in [1.165, 1.54) is 71.3 Å². The second kappa shape index (κ2) is 6.86. The van der Waals surface area contributed by atoms with Crippen molar-refractivity contribution in [3.8, 4) is 16.8 Å². The van der Waals surface area contributed by atoms with Gasteiger partial charge in [0.15, 0.2) is 0 Å². The molecule has 0 amide bonds. The molecule has 8 rings (SSSR count). The van der Waals surface area contributed by atoms with E-state index in [0.29, 0.717) is 0 Å². The van der Waals surface area contributed by atoms with E-state index >= 15 is 0 Å². The topological polar surface area (TPSA) is 4.93 Å². The zero-order chi connectivity index (χ0) is 24.0. The van der Waals surface area contributed by atoms with Crippen LogP contribution in [0.3, 0.4) is 0 Å². The molecule has 0 fully saturated rings. The van der Waals surface area contributed by atoms with Crippen molar-refractivity contribution in [2.24, 2.45) is 0 Å². The molecule has 0 atom stereocenters. The number of aromatic nitrogens is 1. The minimum atomic E-state index is -0.0466. The average Bonchev–Trinajstić information content (AvgIpc) is 3.36. The monoisotopic (exact) mass is 459 g/mol. The number of fused-ring (bicyclic) bond motifs is 9. The first-order valence-corrected chi connectivity index (χ1v) is 12.7. The summed E-state index contributed by atoms with van der Waals surface area (Å²) in [7, 11) is 0. The highest BCUT2D eigenvalue weighted by Crippen LogP contribution is 2.54. The molecule has 1 aliphatic rings.